The van der Waals surface area contributed by atoms with Gasteiger partial charge in [0.05, 0.1) is 10.6 Å². The number of aldehydes is 1. The Morgan fingerprint density at radius 3 is 2.89 bits per heavy atom. The normalized spacial score (nSPS) is 17.5. The van der Waals surface area contributed by atoms with Gasteiger partial charge in [-0.3, -0.25) is 14.4 Å². The van der Waals surface area contributed by atoms with Gasteiger partial charge in [0.2, 0.25) is 18.0 Å². The number of aryl methyl sites for hydroxylation is 1. The molecule has 1 aliphatic rings. The fourth-order valence-electron chi connectivity index (χ4n) is 1.74. The molecule has 0 aromatic carbocycles. The lowest BCUT2D eigenvalue weighted by atomic mass is 9.99. The number of carbonyl (C=O) groups excluding carboxylic acids is 4. The van der Waals surface area contributed by atoms with Crippen molar-refractivity contribution < 1.29 is 23.9 Å². The highest BCUT2D eigenvalue weighted by Crippen LogP contribution is 2.30. The lowest BCUT2D eigenvalue weighted by molar-refractivity contribution is -0.151. The standard InChI is InChI=1S/C11H10N2O5S/c1-5(15)12-11-13-6-2-3-7(18-8(16)4-14)9(17)10(6)19-11/h4,7H,2-3H2,1H3,(H,12,13,15). The molecule has 0 bridgehead atoms. The topological polar surface area (TPSA) is 102 Å². The molecule has 100 valence electrons. The third-order valence-electron chi connectivity index (χ3n) is 2.49. The van der Waals surface area contributed by atoms with E-state index in [1.807, 2.05) is 0 Å². The van der Waals surface area contributed by atoms with Gasteiger partial charge in [-0.2, -0.15) is 0 Å². The summed E-state index contributed by atoms with van der Waals surface area (Å²) < 4.78 is 4.73. The average Bonchev–Trinajstić information content (AvgIpc) is 2.75. The van der Waals surface area contributed by atoms with Crippen LogP contribution in [0.15, 0.2) is 0 Å². The van der Waals surface area contributed by atoms with Gasteiger partial charge >= 0.3 is 5.97 Å². The summed E-state index contributed by atoms with van der Waals surface area (Å²) in [7, 11) is 0. The highest BCUT2D eigenvalue weighted by molar-refractivity contribution is 7.17. The van der Waals surface area contributed by atoms with E-state index in [2.05, 4.69) is 10.3 Å². The number of ether oxygens (including phenoxy) is 1. The van der Waals surface area contributed by atoms with Crippen molar-refractivity contribution >= 4 is 40.4 Å². The minimum Gasteiger partial charge on any atom is -0.448 e. The van der Waals surface area contributed by atoms with E-state index in [1.165, 1.54) is 6.92 Å². The van der Waals surface area contributed by atoms with Gasteiger partial charge in [-0.15, -0.1) is 0 Å². The van der Waals surface area contributed by atoms with Crippen LogP contribution >= 0.6 is 11.3 Å². The number of esters is 1. The predicted molar refractivity (Wildman–Crippen MR) is 65.0 cm³/mol. The van der Waals surface area contributed by atoms with E-state index in [-0.39, 0.29) is 24.4 Å². The summed E-state index contributed by atoms with van der Waals surface area (Å²) in [5.74, 6) is -1.72. The Bertz CT molecular complexity index is 565. The first kappa shape index (κ1) is 13.3. The second-order valence-electron chi connectivity index (χ2n) is 3.92. The lowest BCUT2D eigenvalue weighted by Crippen LogP contribution is -2.31. The molecule has 1 unspecified atom stereocenters. The molecule has 0 saturated heterocycles. The number of amides is 1. The van der Waals surface area contributed by atoms with E-state index >= 15 is 0 Å². The summed E-state index contributed by atoms with van der Waals surface area (Å²) >= 11 is 1.04. The molecule has 0 saturated carbocycles. The molecule has 0 spiro atoms. The maximum absolute atomic E-state index is 12.0. The number of nitrogens with zero attached hydrogens (tertiary/aromatic N) is 1. The molecular formula is C11H10N2O5S. The van der Waals surface area contributed by atoms with Crippen LogP contribution in [0.5, 0.6) is 0 Å². The van der Waals surface area contributed by atoms with Gasteiger partial charge in [0.25, 0.3) is 0 Å². The summed E-state index contributed by atoms with van der Waals surface area (Å²) in [6.07, 6.45) is -0.184. The van der Waals surface area contributed by atoms with Crippen LogP contribution in [0.3, 0.4) is 0 Å². The van der Waals surface area contributed by atoms with Gasteiger partial charge in [0.15, 0.2) is 11.2 Å². The molecule has 2 rings (SSSR count). The number of hydrogen-bond acceptors (Lipinski definition) is 7. The Hall–Kier alpha value is -2.09. The van der Waals surface area contributed by atoms with E-state index in [4.69, 9.17) is 4.74 Å². The predicted octanol–water partition coefficient (Wildman–Crippen LogP) is 0.341. The molecular weight excluding hydrogens is 272 g/mol. The zero-order chi connectivity index (χ0) is 14.0. The van der Waals surface area contributed by atoms with Crippen LogP contribution in [0, 0.1) is 0 Å². The third-order valence-corrected chi connectivity index (χ3v) is 3.52. The highest BCUT2D eigenvalue weighted by Gasteiger charge is 2.33. The average molecular weight is 282 g/mol. The summed E-state index contributed by atoms with van der Waals surface area (Å²) in [6.45, 7) is 1.34. The van der Waals surface area contributed by atoms with Crippen LogP contribution in [0.4, 0.5) is 5.13 Å². The highest BCUT2D eigenvalue weighted by atomic mass is 32.1. The number of anilines is 1. The van der Waals surface area contributed by atoms with E-state index in [0.29, 0.717) is 22.1 Å². The lowest BCUT2D eigenvalue weighted by Gasteiger charge is -2.18. The number of fused-ring (bicyclic) bond motifs is 1. The zero-order valence-corrected chi connectivity index (χ0v) is 10.8. The maximum atomic E-state index is 12.0. The van der Waals surface area contributed by atoms with Crippen LogP contribution in [0.1, 0.15) is 28.7 Å². The molecule has 1 aliphatic carbocycles. The van der Waals surface area contributed by atoms with Gasteiger partial charge < -0.3 is 10.1 Å². The van der Waals surface area contributed by atoms with Crippen molar-refractivity contribution in [1.82, 2.24) is 4.98 Å². The molecule has 7 nitrogen and oxygen atoms in total. The first-order valence-electron chi connectivity index (χ1n) is 5.48. The molecule has 1 amide bonds. The molecule has 1 heterocycles. The Morgan fingerprint density at radius 1 is 1.53 bits per heavy atom. The second kappa shape index (κ2) is 5.27. The van der Waals surface area contributed by atoms with E-state index in [0.717, 1.165) is 11.3 Å². The van der Waals surface area contributed by atoms with Gasteiger partial charge in [0, 0.05) is 6.92 Å². The first-order chi connectivity index (χ1) is 9.01. The Morgan fingerprint density at radius 2 is 2.26 bits per heavy atom. The summed E-state index contributed by atoms with van der Waals surface area (Å²) in [5, 5.41) is 2.84. The van der Waals surface area contributed by atoms with Crippen LogP contribution in [-0.4, -0.2) is 35.0 Å². The molecule has 1 aromatic rings. The number of Topliss-reactive ketones (excluding diaryl/α,β-unsaturated/α-hetero) is 1. The SMILES string of the molecule is CC(=O)Nc1nc2c(s1)C(=O)C(OC(=O)C=O)CC2. The Kier molecular flexibility index (Phi) is 3.70. The van der Waals surface area contributed by atoms with Gasteiger partial charge in [0.1, 0.15) is 0 Å². The van der Waals surface area contributed by atoms with Crippen LogP contribution in [-0.2, 0) is 25.5 Å². The number of aromatic nitrogens is 1. The van der Waals surface area contributed by atoms with Crippen LogP contribution in [0.2, 0.25) is 0 Å². The van der Waals surface area contributed by atoms with Crippen molar-refractivity contribution in [2.24, 2.45) is 0 Å². The number of ketones is 1. The van der Waals surface area contributed by atoms with Gasteiger partial charge in [-0.1, -0.05) is 11.3 Å². The largest absolute Gasteiger partial charge is 0.448 e. The van der Waals surface area contributed by atoms with Crippen molar-refractivity contribution in [2.75, 3.05) is 5.32 Å². The van der Waals surface area contributed by atoms with Crippen LogP contribution in [0.25, 0.3) is 0 Å². The summed E-state index contributed by atoms with van der Waals surface area (Å²) in [6, 6.07) is 0. The summed E-state index contributed by atoms with van der Waals surface area (Å²) in [4.78, 5) is 48.5. The Labute approximate surface area is 112 Å². The third kappa shape index (κ3) is 2.84. The van der Waals surface area contributed by atoms with Gasteiger partial charge in [-0.25, -0.2) is 9.78 Å². The first-order valence-corrected chi connectivity index (χ1v) is 6.30. The van der Waals surface area contributed by atoms with E-state index in [9.17, 15) is 19.2 Å². The quantitative estimate of drug-likeness (QED) is 0.487. The smallest absolute Gasteiger partial charge is 0.372 e. The van der Waals surface area contributed by atoms with Crippen LogP contribution < -0.4 is 5.32 Å². The second-order valence-corrected chi connectivity index (χ2v) is 4.92. The minimum absolute atomic E-state index is 0.0260. The zero-order valence-electron chi connectivity index (χ0n) is 9.97. The van der Waals surface area contributed by atoms with Crippen molar-refractivity contribution in [3.8, 4) is 0 Å². The van der Waals surface area contributed by atoms with Crippen molar-refractivity contribution in [2.45, 2.75) is 25.9 Å². The van der Waals surface area contributed by atoms with Gasteiger partial charge in [-0.05, 0) is 12.8 Å². The molecule has 0 radical (unpaired) electrons. The summed E-state index contributed by atoms with van der Waals surface area (Å²) in [5.41, 5.74) is 0.581. The number of nitrogens with one attached hydrogen (secondary N) is 1. The fourth-order valence-corrected chi connectivity index (χ4v) is 2.78. The number of carbonyl (C=O) groups is 4. The maximum Gasteiger partial charge on any atom is 0.372 e. The molecule has 19 heavy (non-hydrogen) atoms. The molecule has 1 aromatic heterocycles. The monoisotopic (exact) mass is 282 g/mol. The fraction of sp³-hybridized carbons (Fsp3) is 0.364. The Balaban J connectivity index is 2.18. The van der Waals surface area contributed by atoms with E-state index < -0.39 is 12.1 Å². The molecule has 1 atom stereocenters. The number of rotatable bonds is 3. The molecule has 0 aliphatic heterocycles. The minimum atomic E-state index is -1.06. The van der Waals surface area contributed by atoms with Crippen molar-refractivity contribution in [1.29, 1.82) is 0 Å². The molecule has 0 fully saturated rings. The molecule has 8 heteroatoms. The molecule has 1 N–H and O–H groups in total. The van der Waals surface area contributed by atoms with E-state index in [1.54, 1.807) is 0 Å². The number of thiazole rings is 1. The number of hydrogen-bond donors (Lipinski definition) is 1. The van der Waals surface area contributed by atoms with Crippen molar-refractivity contribution in [3.05, 3.63) is 10.6 Å². The van der Waals surface area contributed by atoms with Crippen molar-refractivity contribution in [3.63, 3.8) is 0 Å².